The van der Waals surface area contributed by atoms with Crippen LogP contribution in [0.25, 0.3) is 0 Å². The van der Waals surface area contributed by atoms with E-state index in [0.717, 1.165) is 12.8 Å². The van der Waals surface area contributed by atoms with E-state index < -0.39 is 6.04 Å². The van der Waals surface area contributed by atoms with Crippen LogP contribution in [0.1, 0.15) is 19.8 Å². The number of hydrogen-bond donors (Lipinski definition) is 3. The molecule has 1 unspecified atom stereocenters. The number of nitrogens with one attached hydrogen (secondary N) is 2. The van der Waals surface area contributed by atoms with Gasteiger partial charge in [0.2, 0.25) is 11.8 Å². The average Bonchev–Trinajstić information content (AvgIpc) is 3.03. The Morgan fingerprint density at radius 3 is 2.50 bits per heavy atom. The van der Waals surface area contributed by atoms with Gasteiger partial charge < -0.3 is 10.6 Å². The first-order valence-electron chi connectivity index (χ1n) is 5.24. The summed E-state index contributed by atoms with van der Waals surface area (Å²) in [5.74, 6) is -0.0387. The maximum absolute atomic E-state index is 11.7. The van der Waals surface area contributed by atoms with Crippen LogP contribution in [0.15, 0.2) is 0 Å². The third-order valence-electron chi connectivity index (χ3n) is 2.70. The van der Waals surface area contributed by atoms with E-state index in [0.29, 0.717) is 12.3 Å². The minimum absolute atomic E-state index is 0.148. The molecule has 2 amide bonds. The standard InChI is InChI=1S/C10H18N2O2S2/c1-7(13)12-8(5-15)9(14)11-6-10(16-2)3-4-10/h8,15H,3-6H2,1-2H3,(H,11,14)(H,12,13). The van der Waals surface area contributed by atoms with Gasteiger partial charge in [-0.2, -0.15) is 24.4 Å². The van der Waals surface area contributed by atoms with Crippen molar-refractivity contribution in [1.82, 2.24) is 10.6 Å². The van der Waals surface area contributed by atoms with E-state index >= 15 is 0 Å². The molecule has 0 saturated heterocycles. The number of rotatable bonds is 6. The molecular weight excluding hydrogens is 244 g/mol. The third kappa shape index (κ3) is 3.90. The maximum Gasteiger partial charge on any atom is 0.243 e. The van der Waals surface area contributed by atoms with Crippen LogP contribution in [0.2, 0.25) is 0 Å². The summed E-state index contributed by atoms with van der Waals surface area (Å²) in [5.41, 5.74) is 0. The molecule has 4 nitrogen and oxygen atoms in total. The Kier molecular flexibility index (Phi) is 4.98. The fourth-order valence-corrected chi connectivity index (χ4v) is 2.39. The highest BCUT2D eigenvalue weighted by Crippen LogP contribution is 2.46. The monoisotopic (exact) mass is 262 g/mol. The molecule has 0 aromatic carbocycles. The lowest BCUT2D eigenvalue weighted by atomic mass is 10.3. The highest BCUT2D eigenvalue weighted by atomic mass is 32.2. The van der Waals surface area contributed by atoms with E-state index in [9.17, 15) is 9.59 Å². The molecule has 16 heavy (non-hydrogen) atoms. The van der Waals surface area contributed by atoms with Crippen molar-refractivity contribution in [3.8, 4) is 0 Å². The van der Waals surface area contributed by atoms with Crippen molar-refractivity contribution in [1.29, 1.82) is 0 Å². The van der Waals surface area contributed by atoms with Crippen molar-refractivity contribution in [3.05, 3.63) is 0 Å². The molecule has 0 heterocycles. The molecule has 0 spiro atoms. The van der Waals surface area contributed by atoms with Crippen LogP contribution in [0, 0.1) is 0 Å². The van der Waals surface area contributed by atoms with Crippen molar-refractivity contribution < 1.29 is 9.59 Å². The second-order valence-electron chi connectivity index (χ2n) is 4.04. The summed E-state index contributed by atoms with van der Waals surface area (Å²) >= 11 is 5.84. The summed E-state index contributed by atoms with van der Waals surface area (Å²) in [6.45, 7) is 2.07. The van der Waals surface area contributed by atoms with Crippen molar-refractivity contribution in [2.75, 3.05) is 18.6 Å². The van der Waals surface area contributed by atoms with Gasteiger partial charge in [-0.15, -0.1) is 0 Å². The van der Waals surface area contributed by atoms with Crippen LogP contribution in [0.3, 0.4) is 0 Å². The first-order valence-corrected chi connectivity index (χ1v) is 7.09. The minimum Gasteiger partial charge on any atom is -0.353 e. The molecule has 1 atom stereocenters. The Morgan fingerprint density at radius 1 is 1.50 bits per heavy atom. The van der Waals surface area contributed by atoms with Crippen molar-refractivity contribution >= 4 is 36.2 Å². The summed E-state index contributed by atoms with van der Waals surface area (Å²) in [7, 11) is 0. The van der Waals surface area contributed by atoms with Gasteiger partial charge in [-0.25, -0.2) is 0 Å². The predicted molar refractivity (Wildman–Crippen MR) is 69.9 cm³/mol. The van der Waals surface area contributed by atoms with Gasteiger partial charge >= 0.3 is 0 Å². The molecule has 2 N–H and O–H groups in total. The Morgan fingerprint density at radius 2 is 2.12 bits per heavy atom. The minimum atomic E-state index is -0.529. The van der Waals surface area contributed by atoms with Crippen LogP contribution >= 0.6 is 24.4 Å². The number of amides is 2. The Hall–Kier alpha value is -0.360. The summed E-state index contributed by atoms with van der Waals surface area (Å²) < 4.78 is 0.243. The molecule has 1 aliphatic rings. The smallest absolute Gasteiger partial charge is 0.243 e. The summed E-state index contributed by atoms with van der Waals surface area (Å²) in [5, 5.41) is 5.44. The number of carbonyl (C=O) groups is 2. The molecule has 1 fully saturated rings. The molecule has 0 aromatic heterocycles. The van der Waals surface area contributed by atoms with Gasteiger partial charge in [0.05, 0.1) is 0 Å². The predicted octanol–water partition coefficient (Wildman–Crippen LogP) is 0.433. The molecule has 0 bridgehead atoms. The lowest BCUT2D eigenvalue weighted by Gasteiger charge is -2.18. The van der Waals surface area contributed by atoms with Crippen molar-refractivity contribution in [2.24, 2.45) is 0 Å². The number of carbonyl (C=O) groups excluding carboxylic acids is 2. The van der Waals surface area contributed by atoms with Gasteiger partial charge in [0.1, 0.15) is 6.04 Å². The molecule has 6 heteroatoms. The molecule has 1 rings (SSSR count). The average molecular weight is 262 g/mol. The Bertz CT molecular complexity index is 280. The summed E-state index contributed by atoms with van der Waals surface area (Å²) in [6, 6.07) is -0.529. The zero-order valence-electron chi connectivity index (χ0n) is 9.58. The lowest BCUT2D eigenvalue weighted by molar-refractivity contribution is -0.127. The van der Waals surface area contributed by atoms with Gasteiger partial charge in [0, 0.05) is 24.0 Å². The first kappa shape index (κ1) is 13.7. The molecule has 0 aromatic rings. The van der Waals surface area contributed by atoms with Crippen molar-refractivity contribution in [2.45, 2.75) is 30.6 Å². The third-order valence-corrected chi connectivity index (χ3v) is 4.49. The second kappa shape index (κ2) is 5.82. The van der Waals surface area contributed by atoms with E-state index in [1.54, 1.807) is 11.8 Å². The highest BCUT2D eigenvalue weighted by molar-refractivity contribution is 8.00. The zero-order valence-corrected chi connectivity index (χ0v) is 11.3. The van der Waals surface area contributed by atoms with E-state index in [1.165, 1.54) is 6.92 Å². The number of thiol groups is 1. The largest absolute Gasteiger partial charge is 0.353 e. The quantitative estimate of drug-likeness (QED) is 0.609. The van der Waals surface area contributed by atoms with Gasteiger partial charge in [0.15, 0.2) is 0 Å². The SMILES string of the molecule is CSC1(CNC(=O)C(CS)NC(C)=O)CC1. The van der Waals surface area contributed by atoms with Crippen LogP contribution in [-0.4, -0.2) is 41.2 Å². The van der Waals surface area contributed by atoms with E-state index in [-0.39, 0.29) is 16.6 Å². The molecule has 1 aliphatic carbocycles. The number of hydrogen-bond acceptors (Lipinski definition) is 4. The molecule has 0 aliphatic heterocycles. The maximum atomic E-state index is 11.7. The van der Waals surface area contributed by atoms with Gasteiger partial charge in [-0.3, -0.25) is 9.59 Å². The van der Waals surface area contributed by atoms with E-state index in [1.807, 2.05) is 0 Å². The van der Waals surface area contributed by atoms with Crippen LogP contribution in [-0.2, 0) is 9.59 Å². The molecule has 92 valence electrons. The summed E-state index contributed by atoms with van der Waals surface area (Å²) in [4.78, 5) is 22.6. The van der Waals surface area contributed by atoms with Gasteiger partial charge in [0.25, 0.3) is 0 Å². The zero-order chi connectivity index (χ0) is 12.2. The molecule has 0 radical (unpaired) electrons. The van der Waals surface area contributed by atoms with E-state index in [2.05, 4.69) is 29.5 Å². The molecular formula is C10H18N2O2S2. The van der Waals surface area contributed by atoms with Crippen LogP contribution in [0.4, 0.5) is 0 Å². The summed E-state index contributed by atoms with van der Waals surface area (Å²) in [6.07, 6.45) is 4.36. The fraction of sp³-hybridized carbons (Fsp3) is 0.800. The van der Waals surface area contributed by atoms with Gasteiger partial charge in [-0.1, -0.05) is 0 Å². The van der Waals surface area contributed by atoms with Gasteiger partial charge in [-0.05, 0) is 19.1 Å². The lowest BCUT2D eigenvalue weighted by Crippen LogP contribution is -2.48. The topological polar surface area (TPSA) is 58.2 Å². The fourth-order valence-electron chi connectivity index (χ4n) is 1.40. The highest BCUT2D eigenvalue weighted by Gasteiger charge is 2.42. The van der Waals surface area contributed by atoms with Crippen LogP contribution in [0.5, 0.6) is 0 Å². The Labute approximate surface area is 106 Å². The van der Waals surface area contributed by atoms with Crippen molar-refractivity contribution in [3.63, 3.8) is 0 Å². The second-order valence-corrected chi connectivity index (χ2v) is 5.68. The van der Waals surface area contributed by atoms with E-state index in [4.69, 9.17) is 0 Å². The number of thioether (sulfide) groups is 1. The van der Waals surface area contributed by atoms with Crippen LogP contribution < -0.4 is 10.6 Å². The molecule has 1 saturated carbocycles. The normalized spacial score (nSPS) is 18.7. The first-order chi connectivity index (χ1) is 7.53. The Balaban J connectivity index is 2.35.